The molecule has 0 aliphatic carbocycles. The van der Waals surface area contributed by atoms with Gasteiger partial charge in [0.15, 0.2) is 0 Å². The lowest BCUT2D eigenvalue weighted by molar-refractivity contribution is 0.220. The van der Waals surface area contributed by atoms with Crippen LogP contribution < -0.4 is 5.73 Å². The molecule has 1 aromatic rings. The van der Waals surface area contributed by atoms with Crippen LogP contribution in [-0.2, 0) is 5.67 Å². The van der Waals surface area contributed by atoms with E-state index in [-0.39, 0.29) is 6.61 Å². The quantitative estimate of drug-likeness (QED) is 0.777. The Labute approximate surface area is 83.6 Å². The van der Waals surface area contributed by atoms with E-state index in [4.69, 9.17) is 10.8 Å². The zero-order valence-electron chi connectivity index (χ0n) is 8.50. The number of alkyl halides is 1. The summed E-state index contributed by atoms with van der Waals surface area (Å²) in [5.74, 6) is 0. The van der Waals surface area contributed by atoms with Crippen LogP contribution in [0.1, 0.15) is 31.0 Å². The van der Waals surface area contributed by atoms with Crippen molar-refractivity contribution in [1.82, 2.24) is 0 Å². The van der Waals surface area contributed by atoms with Crippen LogP contribution in [0, 0.1) is 0 Å². The van der Waals surface area contributed by atoms with Crippen molar-refractivity contribution in [1.29, 1.82) is 0 Å². The van der Waals surface area contributed by atoms with Crippen LogP contribution in [0.4, 0.5) is 4.39 Å². The molecule has 0 aliphatic heterocycles. The van der Waals surface area contributed by atoms with Crippen LogP contribution in [0.2, 0.25) is 0 Å². The molecule has 0 spiro atoms. The summed E-state index contributed by atoms with van der Waals surface area (Å²) in [5, 5.41) is 8.86. The normalized spacial score (nSPS) is 14.1. The first-order valence-electron chi connectivity index (χ1n) is 4.61. The maximum absolute atomic E-state index is 13.6. The fraction of sp³-hybridized carbons (Fsp3) is 0.455. The van der Waals surface area contributed by atoms with Crippen LogP contribution in [-0.4, -0.2) is 11.7 Å². The van der Waals surface area contributed by atoms with Gasteiger partial charge in [0.1, 0.15) is 5.67 Å². The van der Waals surface area contributed by atoms with E-state index in [0.717, 1.165) is 5.56 Å². The molecule has 1 atom stereocenters. The van der Waals surface area contributed by atoms with Gasteiger partial charge in [-0.3, -0.25) is 0 Å². The van der Waals surface area contributed by atoms with Crippen molar-refractivity contribution in [3.05, 3.63) is 35.4 Å². The lowest BCUT2D eigenvalue weighted by Gasteiger charge is -2.17. The number of aliphatic hydroxyl groups excluding tert-OH is 1. The summed E-state index contributed by atoms with van der Waals surface area (Å²) in [6.07, 6.45) is 0. The van der Waals surface area contributed by atoms with E-state index in [2.05, 4.69) is 0 Å². The van der Waals surface area contributed by atoms with E-state index in [0.29, 0.717) is 5.56 Å². The number of halogens is 1. The predicted octanol–water partition coefficient (Wildman–Crippen LogP) is 1.88. The summed E-state index contributed by atoms with van der Waals surface area (Å²) in [6.45, 7) is 2.86. The topological polar surface area (TPSA) is 46.2 Å². The maximum Gasteiger partial charge on any atom is 0.130 e. The number of aliphatic hydroxyl groups is 1. The molecule has 0 radical (unpaired) electrons. The summed E-state index contributed by atoms with van der Waals surface area (Å²) in [4.78, 5) is 0. The lowest BCUT2D eigenvalue weighted by atomic mass is 9.96. The molecular weight excluding hydrogens is 181 g/mol. The Morgan fingerprint density at radius 1 is 1.50 bits per heavy atom. The molecule has 0 aliphatic rings. The van der Waals surface area contributed by atoms with Gasteiger partial charge in [0, 0.05) is 0 Å². The van der Waals surface area contributed by atoms with Crippen LogP contribution >= 0.6 is 0 Å². The molecule has 0 fully saturated rings. The molecule has 0 saturated carbocycles. The highest BCUT2D eigenvalue weighted by atomic mass is 19.1. The molecule has 14 heavy (non-hydrogen) atoms. The molecule has 0 amide bonds. The third-order valence-electron chi connectivity index (χ3n) is 2.20. The predicted molar refractivity (Wildman–Crippen MR) is 54.6 cm³/mol. The minimum Gasteiger partial charge on any atom is -0.394 e. The number of nitrogens with two attached hydrogens (primary N) is 1. The molecule has 3 heteroatoms. The van der Waals surface area contributed by atoms with E-state index >= 15 is 0 Å². The van der Waals surface area contributed by atoms with Crippen molar-refractivity contribution < 1.29 is 9.50 Å². The van der Waals surface area contributed by atoms with Crippen LogP contribution in [0.15, 0.2) is 24.3 Å². The summed E-state index contributed by atoms with van der Waals surface area (Å²) in [5.41, 5.74) is 5.61. The monoisotopic (exact) mass is 197 g/mol. The SMILES string of the molecule is CC(C)(F)c1cccc(C(N)CO)c1. The van der Waals surface area contributed by atoms with Crippen molar-refractivity contribution in [2.24, 2.45) is 5.73 Å². The second kappa shape index (κ2) is 4.07. The van der Waals surface area contributed by atoms with E-state index < -0.39 is 11.7 Å². The highest BCUT2D eigenvalue weighted by Crippen LogP contribution is 2.26. The Bertz CT molecular complexity index is 306. The molecule has 1 rings (SSSR count). The highest BCUT2D eigenvalue weighted by molar-refractivity contribution is 5.29. The summed E-state index contributed by atoms with van der Waals surface area (Å²) in [6, 6.07) is 6.52. The van der Waals surface area contributed by atoms with Crippen LogP contribution in [0.25, 0.3) is 0 Å². The van der Waals surface area contributed by atoms with Gasteiger partial charge >= 0.3 is 0 Å². The molecule has 0 heterocycles. The first-order chi connectivity index (χ1) is 6.45. The second-order valence-electron chi connectivity index (χ2n) is 3.89. The van der Waals surface area contributed by atoms with E-state index in [1.54, 1.807) is 24.3 Å². The molecular formula is C11H16FNO. The molecule has 0 bridgehead atoms. The Morgan fingerprint density at radius 2 is 2.14 bits per heavy atom. The highest BCUT2D eigenvalue weighted by Gasteiger charge is 2.19. The fourth-order valence-corrected chi connectivity index (χ4v) is 1.24. The zero-order chi connectivity index (χ0) is 10.8. The number of hydrogen-bond donors (Lipinski definition) is 2. The smallest absolute Gasteiger partial charge is 0.130 e. The Morgan fingerprint density at radius 3 is 2.64 bits per heavy atom. The Kier molecular flexibility index (Phi) is 3.24. The Hall–Kier alpha value is -0.930. The molecule has 3 N–H and O–H groups in total. The molecule has 2 nitrogen and oxygen atoms in total. The third-order valence-corrected chi connectivity index (χ3v) is 2.20. The van der Waals surface area contributed by atoms with Gasteiger partial charge in [0.05, 0.1) is 12.6 Å². The third kappa shape index (κ3) is 2.53. The zero-order valence-corrected chi connectivity index (χ0v) is 8.50. The van der Waals surface area contributed by atoms with Crippen molar-refractivity contribution in [3.8, 4) is 0 Å². The van der Waals surface area contributed by atoms with Gasteiger partial charge in [-0.15, -0.1) is 0 Å². The van der Waals surface area contributed by atoms with E-state index in [1.807, 2.05) is 0 Å². The minimum atomic E-state index is -1.37. The van der Waals surface area contributed by atoms with Gasteiger partial charge in [-0.2, -0.15) is 0 Å². The maximum atomic E-state index is 13.6. The van der Waals surface area contributed by atoms with Gasteiger partial charge in [0.2, 0.25) is 0 Å². The summed E-state index contributed by atoms with van der Waals surface area (Å²) in [7, 11) is 0. The standard InChI is InChI=1S/C11H16FNO/c1-11(2,12)9-5-3-4-8(6-9)10(13)7-14/h3-6,10,14H,7,13H2,1-2H3. The van der Waals surface area contributed by atoms with Crippen molar-refractivity contribution in [2.75, 3.05) is 6.61 Å². The number of benzene rings is 1. The van der Waals surface area contributed by atoms with E-state index in [1.165, 1.54) is 13.8 Å². The van der Waals surface area contributed by atoms with Crippen LogP contribution in [0.3, 0.4) is 0 Å². The molecule has 0 aromatic heterocycles. The lowest BCUT2D eigenvalue weighted by Crippen LogP contribution is -2.16. The van der Waals surface area contributed by atoms with Gasteiger partial charge in [-0.25, -0.2) is 4.39 Å². The average molecular weight is 197 g/mol. The largest absolute Gasteiger partial charge is 0.394 e. The van der Waals surface area contributed by atoms with Gasteiger partial charge in [0.25, 0.3) is 0 Å². The van der Waals surface area contributed by atoms with Crippen LogP contribution in [0.5, 0.6) is 0 Å². The average Bonchev–Trinajstić information content (AvgIpc) is 2.15. The molecule has 0 saturated heterocycles. The Balaban J connectivity index is 3.01. The van der Waals surface area contributed by atoms with Crippen molar-refractivity contribution >= 4 is 0 Å². The first-order valence-corrected chi connectivity index (χ1v) is 4.61. The molecule has 1 aromatic carbocycles. The van der Waals surface area contributed by atoms with Gasteiger partial charge in [-0.05, 0) is 25.0 Å². The van der Waals surface area contributed by atoms with Gasteiger partial charge < -0.3 is 10.8 Å². The number of hydrogen-bond acceptors (Lipinski definition) is 2. The molecule has 78 valence electrons. The second-order valence-corrected chi connectivity index (χ2v) is 3.89. The number of rotatable bonds is 3. The summed E-state index contributed by atoms with van der Waals surface area (Å²) < 4.78 is 13.6. The van der Waals surface area contributed by atoms with Crippen molar-refractivity contribution in [2.45, 2.75) is 25.6 Å². The fourth-order valence-electron chi connectivity index (χ4n) is 1.24. The summed E-state index contributed by atoms with van der Waals surface area (Å²) >= 11 is 0. The van der Waals surface area contributed by atoms with Crippen molar-refractivity contribution in [3.63, 3.8) is 0 Å². The van der Waals surface area contributed by atoms with E-state index in [9.17, 15) is 4.39 Å². The first kappa shape index (κ1) is 11.1. The minimum absolute atomic E-state index is 0.129. The molecule has 1 unspecified atom stereocenters. The van der Waals surface area contributed by atoms with Gasteiger partial charge in [-0.1, -0.05) is 24.3 Å².